The number of hydrogen-bond acceptors (Lipinski definition) is 4. The lowest BCUT2D eigenvalue weighted by molar-refractivity contribution is 0.0937. The molecule has 2 amide bonds. The molecule has 132 valence electrons. The summed E-state index contributed by atoms with van der Waals surface area (Å²) in [6, 6.07) is 7.07. The molecular formula is C19H23N3O3. The van der Waals surface area contributed by atoms with Gasteiger partial charge >= 0.3 is 0 Å². The molecule has 1 heterocycles. The molecule has 0 aliphatic carbocycles. The quantitative estimate of drug-likeness (QED) is 0.792. The molecule has 1 aromatic carbocycles. The van der Waals surface area contributed by atoms with Crippen LogP contribution in [0.3, 0.4) is 0 Å². The molecule has 0 spiro atoms. The van der Waals surface area contributed by atoms with Gasteiger partial charge in [-0.2, -0.15) is 0 Å². The molecule has 25 heavy (non-hydrogen) atoms. The summed E-state index contributed by atoms with van der Waals surface area (Å²) < 4.78 is 4.90. The summed E-state index contributed by atoms with van der Waals surface area (Å²) in [5, 5.41) is 5.60. The summed E-state index contributed by atoms with van der Waals surface area (Å²) in [5.41, 5.74) is 4.46. The van der Waals surface area contributed by atoms with Crippen molar-refractivity contribution in [1.29, 1.82) is 0 Å². The van der Waals surface area contributed by atoms with E-state index < -0.39 is 0 Å². The van der Waals surface area contributed by atoms with Crippen LogP contribution in [0.5, 0.6) is 0 Å². The molecule has 0 fully saturated rings. The maximum Gasteiger partial charge on any atom is 0.274 e. The van der Waals surface area contributed by atoms with Crippen molar-refractivity contribution in [3.05, 3.63) is 58.4 Å². The third kappa shape index (κ3) is 4.87. The highest BCUT2D eigenvalue weighted by molar-refractivity contribution is 6.05. The summed E-state index contributed by atoms with van der Waals surface area (Å²) in [6.07, 6.45) is 1.45. The average molecular weight is 341 g/mol. The second kappa shape index (κ2) is 8.39. The van der Waals surface area contributed by atoms with Crippen LogP contribution in [0.1, 0.15) is 37.5 Å². The molecule has 2 rings (SSSR count). The number of hydrogen-bond donors (Lipinski definition) is 2. The Morgan fingerprint density at radius 1 is 1.08 bits per heavy atom. The van der Waals surface area contributed by atoms with Crippen LogP contribution in [0.15, 0.2) is 30.5 Å². The molecule has 0 atom stereocenters. The van der Waals surface area contributed by atoms with Gasteiger partial charge in [0.1, 0.15) is 5.69 Å². The highest BCUT2D eigenvalue weighted by Crippen LogP contribution is 2.22. The topological polar surface area (TPSA) is 80.3 Å². The summed E-state index contributed by atoms with van der Waals surface area (Å²) in [6.45, 7) is 6.74. The van der Waals surface area contributed by atoms with Crippen molar-refractivity contribution < 1.29 is 14.3 Å². The lowest BCUT2D eigenvalue weighted by Gasteiger charge is -2.13. The Hall–Kier alpha value is -2.73. The van der Waals surface area contributed by atoms with Crippen molar-refractivity contribution in [2.24, 2.45) is 0 Å². The minimum atomic E-state index is -0.346. The largest absolute Gasteiger partial charge is 0.383 e. The van der Waals surface area contributed by atoms with E-state index in [2.05, 4.69) is 15.6 Å². The van der Waals surface area contributed by atoms with E-state index in [1.165, 1.54) is 12.3 Å². The van der Waals surface area contributed by atoms with Crippen molar-refractivity contribution in [3.63, 3.8) is 0 Å². The molecule has 1 aromatic heterocycles. The normalized spacial score (nSPS) is 10.4. The van der Waals surface area contributed by atoms with E-state index >= 15 is 0 Å². The Kier molecular flexibility index (Phi) is 6.25. The smallest absolute Gasteiger partial charge is 0.274 e. The van der Waals surface area contributed by atoms with Gasteiger partial charge in [0.05, 0.1) is 6.61 Å². The summed E-state index contributed by atoms with van der Waals surface area (Å²) in [4.78, 5) is 28.7. The van der Waals surface area contributed by atoms with Gasteiger partial charge in [0.25, 0.3) is 11.8 Å². The average Bonchev–Trinajstić information content (AvgIpc) is 2.58. The maximum atomic E-state index is 12.5. The Morgan fingerprint density at radius 2 is 1.76 bits per heavy atom. The number of methoxy groups -OCH3 is 1. The first-order valence-electron chi connectivity index (χ1n) is 8.04. The standard InChI is InChI=1S/C19H23N3O3/c1-12-9-13(2)17(14(3)10-12)22-19(24)16-11-15(5-6-20-16)18(23)21-7-8-25-4/h5-6,9-11H,7-8H2,1-4H3,(H,21,23)(H,22,24). The fourth-order valence-electron chi connectivity index (χ4n) is 2.62. The number of anilines is 1. The lowest BCUT2D eigenvalue weighted by Crippen LogP contribution is -2.27. The molecule has 6 heteroatoms. The minimum absolute atomic E-state index is 0.193. The first-order valence-corrected chi connectivity index (χ1v) is 8.04. The van der Waals surface area contributed by atoms with E-state index in [1.807, 2.05) is 32.9 Å². The van der Waals surface area contributed by atoms with E-state index in [4.69, 9.17) is 4.74 Å². The Bertz CT molecular complexity index is 764. The Morgan fingerprint density at radius 3 is 2.40 bits per heavy atom. The number of nitrogens with one attached hydrogen (secondary N) is 2. The van der Waals surface area contributed by atoms with Crippen LogP contribution in [-0.2, 0) is 4.74 Å². The van der Waals surface area contributed by atoms with Crippen molar-refractivity contribution in [3.8, 4) is 0 Å². The van der Waals surface area contributed by atoms with E-state index in [0.29, 0.717) is 18.7 Å². The third-order valence-corrected chi connectivity index (χ3v) is 3.76. The second-order valence-electron chi connectivity index (χ2n) is 5.91. The van der Waals surface area contributed by atoms with Gasteiger partial charge in [0.2, 0.25) is 0 Å². The number of rotatable bonds is 6. The van der Waals surface area contributed by atoms with Crippen molar-refractivity contribution >= 4 is 17.5 Å². The zero-order valence-corrected chi connectivity index (χ0v) is 15.0. The van der Waals surface area contributed by atoms with Crippen LogP contribution < -0.4 is 10.6 Å². The van der Waals surface area contributed by atoms with Gasteiger partial charge in [0, 0.05) is 31.1 Å². The molecule has 0 radical (unpaired) electrons. The van der Waals surface area contributed by atoms with Gasteiger partial charge in [-0.15, -0.1) is 0 Å². The number of nitrogens with zero attached hydrogens (tertiary/aromatic N) is 1. The molecule has 2 aromatic rings. The van der Waals surface area contributed by atoms with E-state index in [1.54, 1.807) is 13.2 Å². The molecule has 0 aliphatic rings. The molecule has 2 N–H and O–H groups in total. The number of aryl methyl sites for hydroxylation is 3. The molecule has 0 saturated carbocycles. The lowest BCUT2D eigenvalue weighted by atomic mass is 10.0. The SMILES string of the molecule is COCCNC(=O)c1ccnc(C(=O)Nc2c(C)cc(C)cc2C)c1. The minimum Gasteiger partial charge on any atom is -0.383 e. The molecule has 0 unspecified atom stereocenters. The highest BCUT2D eigenvalue weighted by Gasteiger charge is 2.14. The van der Waals surface area contributed by atoms with Crippen molar-refractivity contribution in [1.82, 2.24) is 10.3 Å². The molecule has 6 nitrogen and oxygen atoms in total. The number of amides is 2. The zero-order valence-electron chi connectivity index (χ0n) is 15.0. The highest BCUT2D eigenvalue weighted by atomic mass is 16.5. The second-order valence-corrected chi connectivity index (χ2v) is 5.91. The van der Waals surface area contributed by atoms with Gasteiger partial charge in [-0.1, -0.05) is 17.7 Å². The third-order valence-electron chi connectivity index (χ3n) is 3.76. The van der Waals surface area contributed by atoms with E-state index in [-0.39, 0.29) is 17.5 Å². The fraction of sp³-hybridized carbons (Fsp3) is 0.316. The van der Waals surface area contributed by atoms with Crippen molar-refractivity contribution in [2.75, 3.05) is 25.6 Å². The van der Waals surface area contributed by atoms with Crippen LogP contribution in [0, 0.1) is 20.8 Å². The van der Waals surface area contributed by atoms with Crippen LogP contribution >= 0.6 is 0 Å². The Balaban J connectivity index is 2.15. The zero-order chi connectivity index (χ0) is 18.4. The van der Waals surface area contributed by atoms with Crippen LogP contribution in [0.2, 0.25) is 0 Å². The van der Waals surface area contributed by atoms with Crippen LogP contribution in [0.4, 0.5) is 5.69 Å². The summed E-state index contributed by atoms with van der Waals surface area (Å²) in [5.74, 6) is -0.613. The number of benzene rings is 1. The fourth-order valence-corrected chi connectivity index (χ4v) is 2.62. The molecule has 0 saturated heterocycles. The monoisotopic (exact) mass is 341 g/mol. The van der Waals surface area contributed by atoms with Gasteiger partial charge in [-0.3, -0.25) is 14.6 Å². The molecule has 0 aliphatic heterocycles. The predicted octanol–water partition coefficient (Wildman–Crippen LogP) is 2.64. The van der Waals surface area contributed by atoms with Crippen LogP contribution in [0.25, 0.3) is 0 Å². The first kappa shape index (κ1) is 18.6. The van der Waals surface area contributed by atoms with Gasteiger partial charge in [-0.05, 0) is 44.0 Å². The first-order chi connectivity index (χ1) is 11.9. The van der Waals surface area contributed by atoms with Gasteiger partial charge in [0.15, 0.2) is 0 Å². The maximum absolute atomic E-state index is 12.5. The predicted molar refractivity (Wildman–Crippen MR) is 97.1 cm³/mol. The van der Waals surface area contributed by atoms with Gasteiger partial charge in [-0.25, -0.2) is 0 Å². The summed E-state index contributed by atoms with van der Waals surface area (Å²) in [7, 11) is 1.57. The van der Waals surface area contributed by atoms with Crippen molar-refractivity contribution in [2.45, 2.75) is 20.8 Å². The number of pyridine rings is 1. The number of carbonyl (C=O) groups is 2. The number of ether oxygens (including phenoxy) is 1. The van der Waals surface area contributed by atoms with E-state index in [9.17, 15) is 9.59 Å². The van der Waals surface area contributed by atoms with E-state index in [0.717, 1.165) is 22.4 Å². The van der Waals surface area contributed by atoms with Gasteiger partial charge < -0.3 is 15.4 Å². The molecular weight excluding hydrogens is 318 g/mol. The number of carbonyl (C=O) groups excluding carboxylic acids is 2. The Labute approximate surface area is 147 Å². The summed E-state index contributed by atoms with van der Waals surface area (Å²) >= 11 is 0. The molecule has 0 bridgehead atoms. The number of aromatic nitrogens is 1. The van der Waals surface area contributed by atoms with Crippen LogP contribution in [-0.4, -0.2) is 37.1 Å².